The van der Waals surface area contributed by atoms with E-state index in [4.69, 9.17) is 0 Å². The van der Waals surface area contributed by atoms with E-state index >= 15 is 0 Å². The SMILES string of the molecule is Cc1ccc(SCCC(=O)N2CCNCC2c2nccn2C)cc1C.Cl. The largest absolute Gasteiger partial charge is 0.336 e. The first kappa shape index (κ1) is 20.8. The van der Waals surface area contributed by atoms with Gasteiger partial charge in [0.1, 0.15) is 11.9 Å². The number of hydrogen-bond acceptors (Lipinski definition) is 4. The highest BCUT2D eigenvalue weighted by atomic mass is 35.5. The molecule has 1 aliphatic rings. The zero-order valence-corrected chi connectivity index (χ0v) is 17.2. The predicted octanol–water partition coefficient (Wildman–Crippen LogP) is 3.11. The van der Waals surface area contributed by atoms with E-state index in [9.17, 15) is 4.79 Å². The minimum atomic E-state index is 0. The van der Waals surface area contributed by atoms with Crippen molar-refractivity contribution in [2.45, 2.75) is 31.2 Å². The molecular weight excluding hydrogens is 368 g/mol. The minimum Gasteiger partial charge on any atom is -0.336 e. The molecule has 5 nitrogen and oxygen atoms in total. The summed E-state index contributed by atoms with van der Waals surface area (Å²) in [5.41, 5.74) is 2.60. The Morgan fingerprint density at radius 1 is 1.35 bits per heavy atom. The second kappa shape index (κ2) is 9.44. The number of nitrogens with zero attached hydrogens (tertiary/aromatic N) is 3. The van der Waals surface area contributed by atoms with Gasteiger partial charge in [-0.15, -0.1) is 24.2 Å². The third-order valence-corrected chi connectivity index (χ3v) is 5.78. The molecule has 1 aliphatic heterocycles. The van der Waals surface area contributed by atoms with E-state index < -0.39 is 0 Å². The lowest BCUT2D eigenvalue weighted by atomic mass is 10.1. The van der Waals surface area contributed by atoms with Crippen molar-refractivity contribution < 1.29 is 4.79 Å². The highest BCUT2D eigenvalue weighted by molar-refractivity contribution is 7.99. The molecule has 0 radical (unpaired) electrons. The van der Waals surface area contributed by atoms with E-state index in [0.29, 0.717) is 6.42 Å². The number of carbonyl (C=O) groups excluding carboxylic acids is 1. The van der Waals surface area contributed by atoms with Gasteiger partial charge in [0.2, 0.25) is 5.91 Å². The van der Waals surface area contributed by atoms with Crippen LogP contribution in [0, 0.1) is 13.8 Å². The predicted molar refractivity (Wildman–Crippen MR) is 109 cm³/mol. The van der Waals surface area contributed by atoms with Gasteiger partial charge in [0.15, 0.2) is 0 Å². The lowest BCUT2D eigenvalue weighted by molar-refractivity contribution is -0.134. The fraction of sp³-hybridized carbons (Fsp3) is 0.474. The van der Waals surface area contributed by atoms with Crippen LogP contribution in [-0.4, -0.2) is 45.7 Å². The van der Waals surface area contributed by atoms with E-state index in [1.165, 1.54) is 16.0 Å². The average Bonchev–Trinajstić information content (AvgIpc) is 3.04. The van der Waals surface area contributed by atoms with Crippen LogP contribution in [0.1, 0.15) is 29.4 Å². The summed E-state index contributed by atoms with van der Waals surface area (Å²) in [6.45, 7) is 6.60. The summed E-state index contributed by atoms with van der Waals surface area (Å²) in [5, 5.41) is 3.38. The number of amides is 1. The van der Waals surface area contributed by atoms with Gasteiger partial charge in [-0.3, -0.25) is 4.79 Å². The van der Waals surface area contributed by atoms with Gasteiger partial charge in [-0.25, -0.2) is 4.98 Å². The van der Waals surface area contributed by atoms with Gasteiger partial charge in [-0.2, -0.15) is 0 Å². The van der Waals surface area contributed by atoms with Gasteiger partial charge in [-0.1, -0.05) is 6.07 Å². The van der Waals surface area contributed by atoms with Crippen molar-refractivity contribution in [1.29, 1.82) is 0 Å². The van der Waals surface area contributed by atoms with Crippen LogP contribution in [0.15, 0.2) is 35.5 Å². The van der Waals surface area contributed by atoms with Crippen molar-refractivity contribution in [2.24, 2.45) is 7.05 Å². The fourth-order valence-electron chi connectivity index (χ4n) is 3.14. The third-order valence-electron chi connectivity index (χ3n) is 4.78. The number of rotatable bonds is 5. The Hall–Kier alpha value is -1.50. The Labute approximate surface area is 166 Å². The highest BCUT2D eigenvalue weighted by Gasteiger charge is 2.29. The van der Waals surface area contributed by atoms with Gasteiger partial charge < -0.3 is 14.8 Å². The molecular formula is C19H27ClN4OS. The summed E-state index contributed by atoms with van der Waals surface area (Å²) in [7, 11) is 1.98. The molecule has 0 spiro atoms. The van der Waals surface area contributed by atoms with Crippen LogP contribution in [0.3, 0.4) is 0 Å². The number of halogens is 1. The van der Waals surface area contributed by atoms with E-state index in [2.05, 4.69) is 42.3 Å². The van der Waals surface area contributed by atoms with Crippen LogP contribution in [0.4, 0.5) is 0 Å². The van der Waals surface area contributed by atoms with Crippen LogP contribution in [0.25, 0.3) is 0 Å². The lowest BCUT2D eigenvalue weighted by Gasteiger charge is -2.35. The summed E-state index contributed by atoms with van der Waals surface area (Å²) in [6, 6.07) is 6.51. The second-order valence-corrected chi connectivity index (χ2v) is 7.72. The Balaban J connectivity index is 0.00000243. The Bertz CT molecular complexity index is 749. The van der Waals surface area contributed by atoms with Crippen molar-refractivity contribution in [2.75, 3.05) is 25.4 Å². The normalized spacial score (nSPS) is 17.0. The molecule has 1 amide bonds. The number of carbonyl (C=O) groups is 1. The Morgan fingerprint density at radius 3 is 2.85 bits per heavy atom. The van der Waals surface area contributed by atoms with Crippen LogP contribution < -0.4 is 5.32 Å². The summed E-state index contributed by atoms with van der Waals surface area (Å²) >= 11 is 1.75. The fourth-order valence-corrected chi connectivity index (χ4v) is 4.07. The zero-order chi connectivity index (χ0) is 17.8. The molecule has 2 heterocycles. The molecule has 1 aromatic carbocycles. The van der Waals surface area contributed by atoms with E-state index in [0.717, 1.165) is 31.2 Å². The first-order valence-corrected chi connectivity index (χ1v) is 9.72. The molecule has 1 atom stereocenters. The lowest BCUT2D eigenvalue weighted by Crippen LogP contribution is -2.49. The number of imidazole rings is 1. The first-order valence-electron chi connectivity index (χ1n) is 8.73. The summed E-state index contributed by atoms with van der Waals surface area (Å²) in [6.07, 6.45) is 4.28. The average molecular weight is 395 g/mol. The number of benzene rings is 1. The molecule has 3 rings (SSSR count). The molecule has 0 saturated carbocycles. The maximum absolute atomic E-state index is 12.8. The van der Waals surface area contributed by atoms with Gasteiger partial charge in [-0.05, 0) is 37.1 Å². The summed E-state index contributed by atoms with van der Waals surface area (Å²) in [5.74, 6) is 1.96. The van der Waals surface area contributed by atoms with Crippen molar-refractivity contribution in [3.8, 4) is 0 Å². The number of thioether (sulfide) groups is 1. The molecule has 26 heavy (non-hydrogen) atoms. The Morgan fingerprint density at radius 2 is 2.15 bits per heavy atom. The third kappa shape index (κ3) is 4.81. The minimum absolute atomic E-state index is 0. The molecule has 142 valence electrons. The quantitative estimate of drug-likeness (QED) is 0.791. The molecule has 0 aliphatic carbocycles. The van der Waals surface area contributed by atoms with Crippen molar-refractivity contribution >= 4 is 30.1 Å². The molecule has 1 N–H and O–H groups in total. The van der Waals surface area contributed by atoms with Crippen LogP contribution in [0.5, 0.6) is 0 Å². The molecule has 1 aromatic heterocycles. The smallest absolute Gasteiger partial charge is 0.224 e. The topological polar surface area (TPSA) is 50.2 Å². The molecule has 0 bridgehead atoms. The van der Waals surface area contributed by atoms with Gasteiger partial charge in [0.05, 0.1) is 0 Å². The van der Waals surface area contributed by atoms with Crippen molar-refractivity contribution in [1.82, 2.24) is 19.8 Å². The molecule has 1 unspecified atom stereocenters. The van der Waals surface area contributed by atoms with Crippen molar-refractivity contribution in [3.05, 3.63) is 47.5 Å². The van der Waals surface area contributed by atoms with Gasteiger partial charge >= 0.3 is 0 Å². The van der Waals surface area contributed by atoms with Crippen LogP contribution in [0.2, 0.25) is 0 Å². The zero-order valence-electron chi connectivity index (χ0n) is 15.6. The summed E-state index contributed by atoms with van der Waals surface area (Å²) < 4.78 is 2.00. The van der Waals surface area contributed by atoms with Gasteiger partial charge in [0.25, 0.3) is 0 Å². The van der Waals surface area contributed by atoms with E-state index in [1.807, 2.05) is 22.7 Å². The van der Waals surface area contributed by atoms with Gasteiger partial charge in [0, 0.05) is 56.1 Å². The highest BCUT2D eigenvalue weighted by Crippen LogP contribution is 2.24. The standard InChI is InChI=1S/C19H26N4OS.ClH/c1-14-4-5-16(12-15(14)2)25-11-6-18(24)23-10-7-20-13-17(23)19-21-8-9-22(19)3;/h4-5,8-9,12,17,20H,6-7,10-11,13H2,1-3H3;1H. The Kier molecular flexibility index (Phi) is 7.55. The maximum Gasteiger partial charge on any atom is 0.224 e. The van der Waals surface area contributed by atoms with Crippen LogP contribution in [-0.2, 0) is 11.8 Å². The molecule has 2 aromatic rings. The maximum atomic E-state index is 12.8. The van der Waals surface area contributed by atoms with E-state index in [1.54, 1.807) is 18.0 Å². The second-order valence-electron chi connectivity index (χ2n) is 6.55. The number of nitrogens with one attached hydrogen (secondary N) is 1. The number of aromatic nitrogens is 2. The molecule has 1 fully saturated rings. The van der Waals surface area contributed by atoms with E-state index in [-0.39, 0.29) is 24.4 Å². The molecule has 7 heteroatoms. The van der Waals surface area contributed by atoms with Crippen LogP contribution >= 0.6 is 24.2 Å². The molecule has 1 saturated heterocycles. The number of piperazine rings is 1. The number of aryl methyl sites for hydroxylation is 3. The monoisotopic (exact) mass is 394 g/mol. The first-order chi connectivity index (χ1) is 12.1. The van der Waals surface area contributed by atoms with Crippen molar-refractivity contribution in [3.63, 3.8) is 0 Å². The number of hydrogen-bond donors (Lipinski definition) is 1. The summed E-state index contributed by atoms with van der Waals surface area (Å²) in [4.78, 5) is 20.4.